The molecule has 1 heterocycles. The van der Waals surface area contributed by atoms with Crippen molar-refractivity contribution in [2.24, 2.45) is 0 Å². The van der Waals surface area contributed by atoms with E-state index in [1.54, 1.807) is 0 Å². The molecule has 3 nitrogen and oxygen atoms in total. The van der Waals surface area contributed by atoms with Crippen molar-refractivity contribution < 1.29 is 9.53 Å². The second-order valence-corrected chi connectivity index (χ2v) is 4.14. The minimum atomic E-state index is 0.108. The average Bonchev–Trinajstić information content (AvgIpc) is 2.40. The maximum absolute atomic E-state index is 12.1. The van der Waals surface area contributed by atoms with Crippen molar-refractivity contribution >= 4 is 12.0 Å². The van der Waals surface area contributed by atoms with Gasteiger partial charge < -0.3 is 9.64 Å². The number of hydrogen-bond acceptors (Lipinski definition) is 2. The third kappa shape index (κ3) is 3.17. The summed E-state index contributed by atoms with van der Waals surface area (Å²) in [6, 6.07) is 9.90. The third-order valence-corrected chi connectivity index (χ3v) is 2.82. The van der Waals surface area contributed by atoms with Gasteiger partial charge in [0.05, 0.1) is 13.2 Å². The van der Waals surface area contributed by atoms with Gasteiger partial charge in [-0.3, -0.25) is 4.79 Å². The van der Waals surface area contributed by atoms with Gasteiger partial charge in [-0.1, -0.05) is 30.3 Å². The number of hydrogen-bond donors (Lipinski definition) is 0. The number of morpholine rings is 1. The third-order valence-electron chi connectivity index (χ3n) is 2.82. The molecule has 0 unspecified atom stereocenters. The Labute approximate surface area is 102 Å². The normalized spacial score (nSPS) is 17.0. The van der Waals surface area contributed by atoms with Gasteiger partial charge in [0.2, 0.25) is 5.91 Å². The molecule has 1 saturated heterocycles. The molecule has 2 rings (SSSR count). The molecule has 0 spiro atoms. The monoisotopic (exact) mass is 231 g/mol. The molecule has 1 aliphatic heterocycles. The molecule has 1 amide bonds. The van der Waals surface area contributed by atoms with E-state index in [-0.39, 0.29) is 5.91 Å². The lowest BCUT2D eigenvalue weighted by Gasteiger charge is -2.27. The van der Waals surface area contributed by atoms with Crippen LogP contribution in [0.15, 0.2) is 35.9 Å². The molecule has 90 valence electrons. The Kier molecular flexibility index (Phi) is 3.94. The van der Waals surface area contributed by atoms with Crippen LogP contribution in [0.25, 0.3) is 6.08 Å². The molecule has 0 bridgehead atoms. The van der Waals surface area contributed by atoms with E-state index < -0.39 is 0 Å². The van der Waals surface area contributed by atoms with E-state index >= 15 is 0 Å². The SMILES string of the molecule is CC(=Cc1ccccc1)C(=O)N1CCOCC1. The van der Waals surface area contributed by atoms with Gasteiger partial charge in [0.15, 0.2) is 0 Å². The molecule has 0 radical (unpaired) electrons. The van der Waals surface area contributed by atoms with Crippen LogP contribution in [0.5, 0.6) is 0 Å². The van der Waals surface area contributed by atoms with E-state index in [2.05, 4.69) is 0 Å². The zero-order valence-corrected chi connectivity index (χ0v) is 10.1. The summed E-state index contributed by atoms with van der Waals surface area (Å²) in [5.41, 5.74) is 1.84. The summed E-state index contributed by atoms with van der Waals surface area (Å²) in [5, 5.41) is 0. The molecule has 1 aliphatic rings. The van der Waals surface area contributed by atoms with Gasteiger partial charge in [0.1, 0.15) is 0 Å². The van der Waals surface area contributed by atoms with Crippen LogP contribution in [0.4, 0.5) is 0 Å². The summed E-state index contributed by atoms with van der Waals surface area (Å²) in [5.74, 6) is 0.108. The summed E-state index contributed by atoms with van der Waals surface area (Å²) in [6.07, 6.45) is 1.93. The van der Waals surface area contributed by atoms with E-state index in [0.717, 1.165) is 11.1 Å². The minimum absolute atomic E-state index is 0.108. The molecule has 17 heavy (non-hydrogen) atoms. The Morgan fingerprint density at radius 3 is 2.53 bits per heavy atom. The van der Waals surface area contributed by atoms with Crippen LogP contribution >= 0.6 is 0 Å². The first-order chi connectivity index (χ1) is 8.27. The second kappa shape index (κ2) is 5.64. The van der Waals surface area contributed by atoms with Crippen molar-refractivity contribution in [3.63, 3.8) is 0 Å². The topological polar surface area (TPSA) is 29.5 Å². The zero-order valence-electron chi connectivity index (χ0n) is 10.1. The molecule has 0 atom stereocenters. The van der Waals surface area contributed by atoms with Gasteiger partial charge in [-0.15, -0.1) is 0 Å². The number of benzene rings is 1. The number of carbonyl (C=O) groups is 1. The highest BCUT2D eigenvalue weighted by Crippen LogP contribution is 2.10. The first-order valence-corrected chi connectivity index (χ1v) is 5.88. The fourth-order valence-electron chi connectivity index (χ4n) is 1.88. The van der Waals surface area contributed by atoms with Crippen molar-refractivity contribution in [1.82, 2.24) is 4.90 Å². The Bertz CT molecular complexity index is 405. The molecule has 1 aromatic rings. The molecule has 0 aliphatic carbocycles. The number of ether oxygens (including phenoxy) is 1. The highest BCUT2D eigenvalue weighted by molar-refractivity contribution is 5.97. The van der Waals surface area contributed by atoms with Gasteiger partial charge in [-0.2, -0.15) is 0 Å². The van der Waals surface area contributed by atoms with E-state index in [9.17, 15) is 4.79 Å². The predicted molar refractivity (Wildman–Crippen MR) is 67.5 cm³/mol. The Morgan fingerprint density at radius 2 is 1.88 bits per heavy atom. The molecular formula is C14H17NO2. The Morgan fingerprint density at radius 1 is 1.24 bits per heavy atom. The van der Waals surface area contributed by atoms with Gasteiger partial charge >= 0.3 is 0 Å². The molecule has 0 saturated carbocycles. The minimum Gasteiger partial charge on any atom is -0.378 e. The van der Waals surface area contributed by atoms with Crippen molar-refractivity contribution in [3.05, 3.63) is 41.5 Å². The number of carbonyl (C=O) groups excluding carboxylic acids is 1. The first-order valence-electron chi connectivity index (χ1n) is 5.88. The van der Waals surface area contributed by atoms with Crippen LogP contribution < -0.4 is 0 Å². The highest BCUT2D eigenvalue weighted by Gasteiger charge is 2.17. The van der Waals surface area contributed by atoms with E-state index in [0.29, 0.717) is 26.3 Å². The van der Waals surface area contributed by atoms with Crippen LogP contribution in [-0.4, -0.2) is 37.1 Å². The molecule has 0 N–H and O–H groups in total. The van der Waals surface area contributed by atoms with Gasteiger partial charge in [-0.05, 0) is 18.6 Å². The lowest BCUT2D eigenvalue weighted by molar-refractivity contribution is -0.130. The Balaban J connectivity index is 2.06. The maximum atomic E-state index is 12.1. The lowest BCUT2D eigenvalue weighted by atomic mass is 10.1. The maximum Gasteiger partial charge on any atom is 0.249 e. The number of rotatable bonds is 2. The largest absolute Gasteiger partial charge is 0.378 e. The summed E-state index contributed by atoms with van der Waals surface area (Å²) in [4.78, 5) is 14.0. The lowest BCUT2D eigenvalue weighted by Crippen LogP contribution is -2.41. The smallest absolute Gasteiger partial charge is 0.249 e. The van der Waals surface area contributed by atoms with Crippen molar-refractivity contribution in [2.45, 2.75) is 6.92 Å². The van der Waals surface area contributed by atoms with Crippen LogP contribution in [-0.2, 0) is 9.53 Å². The van der Waals surface area contributed by atoms with Gasteiger partial charge in [0, 0.05) is 18.7 Å². The van der Waals surface area contributed by atoms with Crippen LogP contribution in [0.1, 0.15) is 12.5 Å². The highest BCUT2D eigenvalue weighted by atomic mass is 16.5. The number of nitrogens with zero attached hydrogens (tertiary/aromatic N) is 1. The fraction of sp³-hybridized carbons (Fsp3) is 0.357. The molecule has 1 aromatic carbocycles. The van der Waals surface area contributed by atoms with Crippen molar-refractivity contribution in [2.75, 3.05) is 26.3 Å². The average molecular weight is 231 g/mol. The van der Waals surface area contributed by atoms with Crippen molar-refractivity contribution in [3.8, 4) is 0 Å². The van der Waals surface area contributed by atoms with E-state index in [1.807, 2.05) is 48.2 Å². The standard InChI is InChI=1S/C14H17NO2/c1-12(11-13-5-3-2-4-6-13)14(16)15-7-9-17-10-8-15/h2-6,11H,7-10H2,1H3. The van der Waals surface area contributed by atoms with E-state index in [1.165, 1.54) is 0 Å². The molecule has 3 heteroatoms. The van der Waals surface area contributed by atoms with Crippen LogP contribution in [0.2, 0.25) is 0 Å². The zero-order chi connectivity index (χ0) is 12.1. The summed E-state index contributed by atoms with van der Waals surface area (Å²) in [6.45, 7) is 4.54. The van der Waals surface area contributed by atoms with E-state index in [4.69, 9.17) is 4.74 Å². The molecule has 1 fully saturated rings. The van der Waals surface area contributed by atoms with Gasteiger partial charge in [-0.25, -0.2) is 0 Å². The Hall–Kier alpha value is -1.61. The quantitative estimate of drug-likeness (QED) is 0.728. The summed E-state index contributed by atoms with van der Waals surface area (Å²) < 4.78 is 5.23. The number of amides is 1. The molecular weight excluding hydrogens is 214 g/mol. The predicted octanol–water partition coefficient (Wildman–Crippen LogP) is 1.95. The summed E-state index contributed by atoms with van der Waals surface area (Å²) in [7, 11) is 0. The van der Waals surface area contributed by atoms with Crippen LogP contribution in [0, 0.1) is 0 Å². The fourth-order valence-corrected chi connectivity index (χ4v) is 1.88. The second-order valence-electron chi connectivity index (χ2n) is 4.14. The summed E-state index contributed by atoms with van der Waals surface area (Å²) >= 11 is 0. The first kappa shape index (κ1) is 11.9. The molecule has 0 aromatic heterocycles. The van der Waals surface area contributed by atoms with Crippen LogP contribution in [0.3, 0.4) is 0 Å². The van der Waals surface area contributed by atoms with Crippen molar-refractivity contribution in [1.29, 1.82) is 0 Å². The van der Waals surface area contributed by atoms with Gasteiger partial charge in [0.25, 0.3) is 0 Å².